The van der Waals surface area contributed by atoms with E-state index < -0.39 is 0 Å². The molecule has 1 aromatic rings. The van der Waals surface area contributed by atoms with Gasteiger partial charge in [-0.05, 0) is 38.4 Å². The summed E-state index contributed by atoms with van der Waals surface area (Å²) in [7, 11) is 4.41. The van der Waals surface area contributed by atoms with Crippen molar-refractivity contribution in [1.82, 2.24) is 9.80 Å². The van der Waals surface area contributed by atoms with Crippen LogP contribution in [0.5, 0.6) is 0 Å². The first-order valence-electron chi connectivity index (χ1n) is 6.33. The molecule has 7 heteroatoms. The normalized spacial score (nSPS) is 17.8. The highest BCUT2D eigenvalue weighted by Crippen LogP contribution is 2.39. The average molecular weight is 363 g/mol. The fourth-order valence-electron chi connectivity index (χ4n) is 2.79. The number of hydrogen-bond acceptors (Lipinski definition) is 4. The van der Waals surface area contributed by atoms with Gasteiger partial charge < -0.3 is 10.6 Å². The molecule has 0 atom stereocenters. The molecule has 1 fully saturated rings. The molecule has 1 aliphatic rings. The first kappa shape index (κ1) is 22.7. The van der Waals surface area contributed by atoms with Crippen molar-refractivity contribution < 1.29 is 0 Å². The Morgan fingerprint density at radius 1 is 1.25 bits per heavy atom. The quantitative estimate of drug-likeness (QED) is 0.894. The molecule has 2 heterocycles. The van der Waals surface area contributed by atoms with E-state index in [1.807, 2.05) is 11.3 Å². The Balaban J connectivity index is 0. The third-order valence-corrected chi connectivity index (χ3v) is 5.03. The van der Waals surface area contributed by atoms with Crippen molar-refractivity contribution in [3.05, 3.63) is 22.4 Å². The summed E-state index contributed by atoms with van der Waals surface area (Å²) in [6.07, 6.45) is 2.42. The van der Waals surface area contributed by atoms with Crippen molar-refractivity contribution in [2.75, 3.05) is 40.3 Å². The van der Waals surface area contributed by atoms with Crippen LogP contribution in [-0.4, -0.2) is 50.1 Å². The summed E-state index contributed by atoms with van der Waals surface area (Å²) in [6, 6.07) is 4.45. The van der Waals surface area contributed by atoms with E-state index in [1.54, 1.807) is 0 Å². The Morgan fingerprint density at radius 3 is 2.25 bits per heavy atom. The van der Waals surface area contributed by atoms with E-state index in [0.717, 1.165) is 26.2 Å². The summed E-state index contributed by atoms with van der Waals surface area (Å²) < 4.78 is 0. The third kappa shape index (κ3) is 4.73. The highest BCUT2D eigenvalue weighted by atomic mass is 35.5. The summed E-state index contributed by atoms with van der Waals surface area (Å²) in [4.78, 5) is 6.39. The lowest BCUT2D eigenvalue weighted by Gasteiger charge is -2.45. The zero-order valence-electron chi connectivity index (χ0n) is 12.1. The third-order valence-electron chi connectivity index (χ3n) is 3.96. The first-order valence-corrected chi connectivity index (χ1v) is 7.21. The second kappa shape index (κ2) is 10.2. The van der Waals surface area contributed by atoms with Crippen LogP contribution < -0.4 is 5.73 Å². The maximum Gasteiger partial charge on any atom is 0.0573 e. The molecule has 3 nitrogen and oxygen atoms in total. The molecule has 1 saturated heterocycles. The molecular formula is C13H26Cl3N3S. The standard InChI is InChI=1S/C13H23N3S.3ClH/c1-15(2)13(12-4-3-11-17-12)5-8-16(9-6-13)10-7-14;;;/h3-4,11H,5-10,14H2,1-2H3;3*1H. The average Bonchev–Trinajstić information content (AvgIpc) is 2.84. The van der Waals surface area contributed by atoms with Crippen molar-refractivity contribution >= 4 is 48.6 Å². The van der Waals surface area contributed by atoms with Gasteiger partial charge in [-0.2, -0.15) is 0 Å². The highest BCUT2D eigenvalue weighted by molar-refractivity contribution is 7.10. The van der Waals surface area contributed by atoms with Crippen LogP contribution in [0.3, 0.4) is 0 Å². The van der Waals surface area contributed by atoms with Gasteiger partial charge >= 0.3 is 0 Å². The van der Waals surface area contributed by atoms with Gasteiger partial charge in [-0.1, -0.05) is 6.07 Å². The molecule has 0 radical (unpaired) electrons. The van der Waals surface area contributed by atoms with Gasteiger partial charge in [0.2, 0.25) is 0 Å². The van der Waals surface area contributed by atoms with Gasteiger partial charge in [0.25, 0.3) is 0 Å². The van der Waals surface area contributed by atoms with Crippen LogP contribution in [0, 0.1) is 0 Å². The summed E-state index contributed by atoms with van der Waals surface area (Å²) in [5.74, 6) is 0. The predicted octanol–water partition coefficient (Wildman–Crippen LogP) is 2.82. The number of rotatable bonds is 4. The van der Waals surface area contributed by atoms with Gasteiger partial charge in [-0.25, -0.2) is 0 Å². The fraction of sp³-hybridized carbons (Fsp3) is 0.692. The number of nitrogens with two attached hydrogens (primary N) is 1. The predicted molar refractivity (Wildman–Crippen MR) is 96.2 cm³/mol. The molecule has 2 rings (SSSR count). The Morgan fingerprint density at radius 2 is 1.85 bits per heavy atom. The van der Waals surface area contributed by atoms with E-state index in [4.69, 9.17) is 5.73 Å². The van der Waals surface area contributed by atoms with Crippen molar-refractivity contribution in [2.45, 2.75) is 18.4 Å². The van der Waals surface area contributed by atoms with Gasteiger partial charge in [0.15, 0.2) is 0 Å². The van der Waals surface area contributed by atoms with E-state index in [2.05, 4.69) is 41.4 Å². The van der Waals surface area contributed by atoms with Crippen LogP contribution >= 0.6 is 48.6 Å². The zero-order valence-corrected chi connectivity index (χ0v) is 15.3. The molecule has 0 amide bonds. The summed E-state index contributed by atoms with van der Waals surface area (Å²) in [6.45, 7) is 4.13. The van der Waals surface area contributed by atoms with E-state index in [1.165, 1.54) is 17.7 Å². The van der Waals surface area contributed by atoms with Gasteiger partial charge in [0.05, 0.1) is 5.54 Å². The molecule has 1 aromatic heterocycles. The van der Waals surface area contributed by atoms with Crippen LogP contribution in [-0.2, 0) is 5.54 Å². The zero-order chi connectivity index (χ0) is 12.3. The molecule has 120 valence electrons. The molecule has 0 unspecified atom stereocenters. The molecule has 0 saturated carbocycles. The Bertz CT molecular complexity index is 339. The van der Waals surface area contributed by atoms with Crippen LogP contribution in [0.4, 0.5) is 0 Å². The molecule has 0 bridgehead atoms. The molecule has 0 spiro atoms. The number of hydrogen-bond donors (Lipinski definition) is 1. The topological polar surface area (TPSA) is 32.5 Å². The summed E-state index contributed by atoms with van der Waals surface area (Å²) in [5, 5.41) is 2.19. The first-order chi connectivity index (χ1) is 8.19. The monoisotopic (exact) mass is 361 g/mol. The lowest BCUT2D eigenvalue weighted by Crippen LogP contribution is -2.50. The lowest BCUT2D eigenvalue weighted by atomic mass is 9.84. The minimum atomic E-state index is 0. The molecular weight excluding hydrogens is 337 g/mol. The maximum atomic E-state index is 5.63. The van der Waals surface area contributed by atoms with E-state index in [0.29, 0.717) is 0 Å². The molecule has 20 heavy (non-hydrogen) atoms. The molecule has 0 aromatic carbocycles. The second-order valence-corrected chi connectivity index (χ2v) is 5.98. The number of halogens is 3. The van der Waals surface area contributed by atoms with Crippen molar-refractivity contribution in [1.29, 1.82) is 0 Å². The molecule has 0 aliphatic carbocycles. The van der Waals surface area contributed by atoms with Crippen LogP contribution in [0.1, 0.15) is 17.7 Å². The van der Waals surface area contributed by atoms with Crippen LogP contribution in [0.15, 0.2) is 17.5 Å². The van der Waals surface area contributed by atoms with Crippen molar-refractivity contribution in [2.24, 2.45) is 5.73 Å². The van der Waals surface area contributed by atoms with Crippen molar-refractivity contribution in [3.8, 4) is 0 Å². The van der Waals surface area contributed by atoms with Crippen LogP contribution in [0.25, 0.3) is 0 Å². The minimum absolute atomic E-state index is 0. The van der Waals surface area contributed by atoms with Gasteiger partial charge in [0.1, 0.15) is 0 Å². The Labute approximate surface area is 145 Å². The fourth-order valence-corrected chi connectivity index (χ4v) is 3.85. The SMILES string of the molecule is CN(C)C1(c2cccs2)CCN(CCN)CC1.Cl.Cl.Cl. The van der Waals surface area contributed by atoms with Crippen LogP contribution in [0.2, 0.25) is 0 Å². The largest absolute Gasteiger partial charge is 0.329 e. The minimum Gasteiger partial charge on any atom is -0.329 e. The van der Waals surface area contributed by atoms with Gasteiger partial charge in [-0.15, -0.1) is 48.6 Å². The van der Waals surface area contributed by atoms with Crippen molar-refractivity contribution in [3.63, 3.8) is 0 Å². The highest BCUT2D eigenvalue weighted by Gasteiger charge is 2.38. The van der Waals surface area contributed by atoms with E-state index >= 15 is 0 Å². The second-order valence-electron chi connectivity index (χ2n) is 5.03. The van der Waals surface area contributed by atoms with Gasteiger partial charge in [-0.3, -0.25) is 4.90 Å². The Kier molecular flexibility index (Phi) is 11.6. The molecule has 1 aliphatic heterocycles. The number of likely N-dealkylation sites (tertiary alicyclic amines) is 1. The molecule has 2 N–H and O–H groups in total. The van der Waals surface area contributed by atoms with Gasteiger partial charge in [0, 0.05) is 31.1 Å². The summed E-state index contributed by atoms with van der Waals surface area (Å²) >= 11 is 1.89. The van der Waals surface area contributed by atoms with E-state index in [-0.39, 0.29) is 42.8 Å². The smallest absolute Gasteiger partial charge is 0.0573 e. The number of piperidine rings is 1. The maximum absolute atomic E-state index is 5.63. The summed E-state index contributed by atoms with van der Waals surface area (Å²) in [5.41, 5.74) is 5.88. The lowest BCUT2D eigenvalue weighted by molar-refractivity contribution is 0.0581. The Hall–Kier alpha value is 0.450. The number of nitrogens with zero attached hydrogens (tertiary/aromatic N) is 2. The van der Waals surface area contributed by atoms with E-state index in [9.17, 15) is 0 Å². The number of thiophene rings is 1.